The van der Waals surface area contributed by atoms with Crippen molar-refractivity contribution in [2.75, 3.05) is 13.1 Å². The van der Waals surface area contributed by atoms with E-state index in [0.29, 0.717) is 22.7 Å². The first-order chi connectivity index (χ1) is 15.3. The quantitative estimate of drug-likeness (QED) is 0.473. The molecule has 0 aliphatic carbocycles. The average molecular weight is 459 g/mol. The van der Waals surface area contributed by atoms with Crippen molar-refractivity contribution in [2.24, 2.45) is 5.73 Å². The van der Waals surface area contributed by atoms with Crippen molar-refractivity contribution < 1.29 is 14.4 Å². The maximum atomic E-state index is 12.7. The first-order valence-corrected chi connectivity index (χ1v) is 11.2. The fourth-order valence-corrected chi connectivity index (χ4v) is 3.70. The number of carbonyl (C=O) groups excluding carboxylic acids is 3. The third-order valence-corrected chi connectivity index (χ3v) is 5.30. The third kappa shape index (κ3) is 7.57. The molecule has 0 bridgehead atoms. The molecule has 0 aliphatic heterocycles. The molecule has 0 aromatic heterocycles. The molecule has 4 N–H and O–H groups in total. The molecule has 1 atom stereocenters. The van der Waals surface area contributed by atoms with Gasteiger partial charge in [-0.2, -0.15) is 0 Å². The smallest absolute Gasteiger partial charge is 0.312 e. The largest absolute Gasteiger partial charge is 0.352 e. The van der Waals surface area contributed by atoms with Gasteiger partial charge in [0, 0.05) is 30.2 Å². The second kappa shape index (κ2) is 12.7. The number of primary amides is 1. The van der Waals surface area contributed by atoms with Gasteiger partial charge in [-0.3, -0.25) is 9.59 Å². The van der Waals surface area contributed by atoms with Crippen LogP contribution in [0.3, 0.4) is 0 Å². The summed E-state index contributed by atoms with van der Waals surface area (Å²) in [6, 6.07) is 12.8. The normalized spacial score (nSPS) is 11.5. The molecule has 1 unspecified atom stereocenters. The Morgan fingerprint density at radius 1 is 1.00 bits per heavy atom. The molecule has 0 heterocycles. The van der Waals surface area contributed by atoms with E-state index in [9.17, 15) is 14.4 Å². The first kappa shape index (κ1) is 25.2. The van der Waals surface area contributed by atoms with Gasteiger partial charge in [-0.25, -0.2) is 4.79 Å². The molecule has 172 valence electrons. The van der Waals surface area contributed by atoms with Gasteiger partial charge >= 0.3 is 6.03 Å². The van der Waals surface area contributed by atoms with Crippen molar-refractivity contribution in [3.8, 4) is 0 Å². The summed E-state index contributed by atoms with van der Waals surface area (Å²) in [7, 11) is 0. The van der Waals surface area contributed by atoms with Crippen LogP contribution in [0, 0.1) is 0 Å². The van der Waals surface area contributed by atoms with Crippen molar-refractivity contribution in [1.82, 2.24) is 15.5 Å². The zero-order valence-electron chi connectivity index (χ0n) is 18.6. The molecule has 2 aromatic carbocycles. The van der Waals surface area contributed by atoms with Crippen LogP contribution in [0.4, 0.5) is 4.79 Å². The minimum atomic E-state index is -0.733. The Morgan fingerprint density at radius 2 is 1.62 bits per heavy atom. The lowest BCUT2D eigenvalue weighted by molar-refractivity contribution is -0.121. The summed E-state index contributed by atoms with van der Waals surface area (Å²) in [4.78, 5) is 38.4. The highest BCUT2D eigenvalue weighted by atomic mass is 35.5. The van der Waals surface area contributed by atoms with Gasteiger partial charge in [0.05, 0.1) is 12.5 Å². The van der Waals surface area contributed by atoms with E-state index in [1.165, 1.54) is 0 Å². The third-order valence-electron chi connectivity index (χ3n) is 4.95. The van der Waals surface area contributed by atoms with Gasteiger partial charge in [0.15, 0.2) is 0 Å². The Hall–Kier alpha value is -3.06. The molecule has 0 saturated carbocycles. The molecule has 32 heavy (non-hydrogen) atoms. The predicted molar refractivity (Wildman–Crippen MR) is 126 cm³/mol. The number of amides is 4. The molecule has 0 saturated heterocycles. The maximum Gasteiger partial charge on any atom is 0.312 e. The summed E-state index contributed by atoms with van der Waals surface area (Å²) in [6.45, 7) is 5.87. The van der Waals surface area contributed by atoms with E-state index < -0.39 is 12.1 Å². The lowest BCUT2D eigenvalue weighted by Gasteiger charge is -2.21. The van der Waals surface area contributed by atoms with Crippen LogP contribution < -0.4 is 16.4 Å². The summed E-state index contributed by atoms with van der Waals surface area (Å²) in [5.41, 5.74) is 7.38. The SMILES string of the molecule is CCCN(CCC)C(=O)c1ccc(CNC(=O)CC(NC(N)=O)c2ccccc2Cl)cc1. The van der Waals surface area contributed by atoms with Gasteiger partial charge in [-0.15, -0.1) is 0 Å². The molecule has 4 amide bonds. The lowest BCUT2D eigenvalue weighted by atomic mass is 10.0. The van der Waals surface area contributed by atoms with Crippen LogP contribution in [-0.2, 0) is 11.3 Å². The molecule has 8 heteroatoms. The van der Waals surface area contributed by atoms with Crippen molar-refractivity contribution in [2.45, 2.75) is 45.7 Å². The summed E-state index contributed by atoms with van der Waals surface area (Å²) in [5, 5.41) is 5.85. The fourth-order valence-electron chi connectivity index (χ4n) is 3.43. The number of rotatable bonds is 11. The Labute approximate surface area is 194 Å². The summed E-state index contributed by atoms with van der Waals surface area (Å²) >= 11 is 6.21. The zero-order valence-corrected chi connectivity index (χ0v) is 19.3. The molecule has 0 aliphatic rings. The van der Waals surface area contributed by atoms with Gasteiger partial charge in [0.25, 0.3) is 5.91 Å². The van der Waals surface area contributed by atoms with Gasteiger partial charge < -0.3 is 21.3 Å². The highest BCUT2D eigenvalue weighted by Crippen LogP contribution is 2.25. The van der Waals surface area contributed by atoms with Crippen molar-refractivity contribution in [3.05, 3.63) is 70.2 Å². The number of hydrogen-bond acceptors (Lipinski definition) is 3. The highest BCUT2D eigenvalue weighted by molar-refractivity contribution is 6.31. The van der Waals surface area contributed by atoms with E-state index in [-0.39, 0.29) is 18.2 Å². The average Bonchev–Trinajstić information content (AvgIpc) is 2.77. The molecule has 2 rings (SSSR count). The monoisotopic (exact) mass is 458 g/mol. The van der Waals surface area contributed by atoms with Gasteiger partial charge in [-0.1, -0.05) is 55.8 Å². The Balaban J connectivity index is 1.97. The van der Waals surface area contributed by atoms with Gasteiger partial charge in [-0.05, 0) is 42.2 Å². The number of halogens is 1. The molecule has 7 nitrogen and oxygen atoms in total. The number of nitrogens with zero attached hydrogens (tertiary/aromatic N) is 1. The minimum absolute atomic E-state index is 0.00770. The lowest BCUT2D eigenvalue weighted by Crippen LogP contribution is -2.36. The predicted octanol–water partition coefficient (Wildman–Crippen LogP) is 4.02. The number of nitrogens with one attached hydrogen (secondary N) is 2. The van der Waals surface area contributed by atoms with E-state index in [1.807, 2.05) is 17.0 Å². The van der Waals surface area contributed by atoms with E-state index in [2.05, 4.69) is 24.5 Å². The Bertz CT molecular complexity index is 912. The fraction of sp³-hybridized carbons (Fsp3) is 0.375. The van der Waals surface area contributed by atoms with Crippen molar-refractivity contribution >= 4 is 29.4 Å². The molecule has 0 spiro atoms. The van der Waals surface area contributed by atoms with Crippen LogP contribution >= 0.6 is 11.6 Å². The van der Waals surface area contributed by atoms with Crippen LogP contribution in [0.15, 0.2) is 48.5 Å². The van der Waals surface area contributed by atoms with E-state index in [0.717, 1.165) is 31.5 Å². The Morgan fingerprint density at radius 3 is 2.19 bits per heavy atom. The molecular weight excluding hydrogens is 428 g/mol. The van der Waals surface area contributed by atoms with Crippen LogP contribution in [0.25, 0.3) is 0 Å². The van der Waals surface area contributed by atoms with Crippen LogP contribution in [0.2, 0.25) is 5.02 Å². The van der Waals surface area contributed by atoms with Crippen LogP contribution in [0.5, 0.6) is 0 Å². The molecule has 0 radical (unpaired) electrons. The number of hydrogen-bond donors (Lipinski definition) is 3. The second-order valence-corrected chi connectivity index (χ2v) is 7.96. The molecule has 0 fully saturated rings. The topological polar surface area (TPSA) is 105 Å². The minimum Gasteiger partial charge on any atom is -0.352 e. The van der Waals surface area contributed by atoms with Crippen molar-refractivity contribution in [3.63, 3.8) is 0 Å². The van der Waals surface area contributed by atoms with E-state index in [4.69, 9.17) is 17.3 Å². The highest BCUT2D eigenvalue weighted by Gasteiger charge is 2.20. The van der Waals surface area contributed by atoms with Crippen LogP contribution in [0.1, 0.15) is 60.6 Å². The molecular formula is C24H31ClN4O3. The summed E-state index contributed by atoms with van der Waals surface area (Å²) < 4.78 is 0. The zero-order chi connectivity index (χ0) is 23.5. The van der Waals surface area contributed by atoms with E-state index in [1.54, 1.807) is 36.4 Å². The second-order valence-electron chi connectivity index (χ2n) is 7.55. The van der Waals surface area contributed by atoms with Crippen LogP contribution in [-0.4, -0.2) is 35.8 Å². The Kier molecular flexibility index (Phi) is 10.0. The molecule has 2 aromatic rings. The summed E-state index contributed by atoms with van der Waals surface area (Å²) in [6.07, 6.45) is 1.82. The maximum absolute atomic E-state index is 12.7. The van der Waals surface area contributed by atoms with Crippen molar-refractivity contribution in [1.29, 1.82) is 0 Å². The van der Waals surface area contributed by atoms with E-state index >= 15 is 0 Å². The standard InChI is InChI=1S/C24H31ClN4O3/c1-3-13-29(14-4-2)23(31)18-11-9-17(10-12-18)16-27-22(30)15-21(28-24(26)32)19-7-5-6-8-20(19)25/h5-12,21H,3-4,13-16H2,1-2H3,(H,27,30)(H3,26,28,32). The number of nitrogens with two attached hydrogens (primary N) is 1. The first-order valence-electron chi connectivity index (χ1n) is 10.8. The number of benzene rings is 2. The number of urea groups is 1. The number of carbonyl (C=O) groups is 3. The van der Waals surface area contributed by atoms with Gasteiger partial charge in [0.1, 0.15) is 0 Å². The summed E-state index contributed by atoms with van der Waals surface area (Å²) in [5.74, 6) is -0.245. The van der Waals surface area contributed by atoms with Gasteiger partial charge in [0.2, 0.25) is 5.91 Å².